The van der Waals surface area contributed by atoms with Gasteiger partial charge in [0.15, 0.2) is 0 Å². The second kappa shape index (κ2) is 4.45. The second-order valence-electron chi connectivity index (χ2n) is 4.02. The number of aryl methyl sites for hydroxylation is 2. The Morgan fingerprint density at radius 1 is 1.53 bits per heavy atom. The minimum atomic E-state index is -0.846. The molecule has 1 atom stereocenters. The molecule has 1 aromatic rings. The molecule has 1 aromatic heterocycles. The molecule has 1 rings (SSSR count). The van der Waals surface area contributed by atoms with Crippen LogP contribution in [0.2, 0.25) is 0 Å². The van der Waals surface area contributed by atoms with Crippen molar-refractivity contribution >= 4 is 0 Å². The van der Waals surface area contributed by atoms with E-state index in [9.17, 15) is 0 Å². The van der Waals surface area contributed by atoms with Crippen LogP contribution in [0.25, 0.3) is 0 Å². The second-order valence-corrected chi connectivity index (χ2v) is 4.02. The number of hydrogen-bond donors (Lipinski definition) is 1. The summed E-state index contributed by atoms with van der Waals surface area (Å²) in [6.45, 7) is 6.32. The molecule has 0 amide bonds. The summed E-state index contributed by atoms with van der Waals surface area (Å²) in [6.07, 6.45) is 1.82. The van der Waals surface area contributed by atoms with Gasteiger partial charge in [-0.05, 0) is 25.8 Å². The first-order valence-corrected chi connectivity index (χ1v) is 5.28. The predicted molar refractivity (Wildman–Crippen MR) is 59.2 cm³/mol. The molecule has 1 unspecified atom stereocenters. The van der Waals surface area contributed by atoms with Crippen LogP contribution in [0.1, 0.15) is 32.2 Å². The lowest BCUT2D eigenvalue weighted by Crippen LogP contribution is -2.39. The number of nitrogens with zero attached hydrogens (tertiary/aromatic N) is 3. The van der Waals surface area contributed by atoms with E-state index in [4.69, 9.17) is 11.0 Å². The molecule has 4 nitrogen and oxygen atoms in total. The van der Waals surface area contributed by atoms with Gasteiger partial charge in [0.25, 0.3) is 0 Å². The van der Waals surface area contributed by atoms with E-state index in [1.807, 2.05) is 4.68 Å². The van der Waals surface area contributed by atoms with Crippen molar-refractivity contribution in [2.45, 2.75) is 45.7 Å². The Balaban J connectivity index is 2.94. The third-order valence-corrected chi connectivity index (χ3v) is 2.37. The SMILES string of the molecule is CCc1cc(CC)n(CC(C)(N)C#N)n1. The van der Waals surface area contributed by atoms with E-state index in [0.29, 0.717) is 6.54 Å². The van der Waals surface area contributed by atoms with E-state index in [-0.39, 0.29) is 0 Å². The Kier molecular flexibility index (Phi) is 3.48. The standard InChI is InChI=1S/C11H18N4/c1-4-9-6-10(5-2)15(14-9)8-11(3,13)7-12/h6H,4-5,8,13H2,1-3H3. The van der Waals surface area contributed by atoms with Crippen LogP contribution < -0.4 is 5.73 Å². The molecule has 0 aromatic carbocycles. The molecule has 0 spiro atoms. The van der Waals surface area contributed by atoms with Crippen molar-refractivity contribution in [3.8, 4) is 6.07 Å². The highest BCUT2D eigenvalue weighted by Crippen LogP contribution is 2.10. The van der Waals surface area contributed by atoms with Gasteiger partial charge in [0.05, 0.1) is 18.3 Å². The zero-order valence-electron chi connectivity index (χ0n) is 9.62. The van der Waals surface area contributed by atoms with Crippen LogP contribution in [-0.4, -0.2) is 15.3 Å². The van der Waals surface area contributed by atoms with Gasteiger partial charge in [-0.25, -0.2) is 0 Å². The maximum absolute atomic E-state index is 8.87. The zero-order chi connectivity index (χ0) is 11.5. The molecule has 82 valence electrons. The lowest BCUT2D eigenvalue weighted by atomic mass is 10.1. The highest BCUT2D eigenvalue weighted by Gasteiger charge is 2.20. The number of nitrogens with two attached hydrogens (primary N) is 1. The van der Waals surface area contributed by atoms with Gasteiger partial charge in [0, 0.05) is 5.69 Å². The molecule has 2 N–H and O–H groups in total. The van der Waals surface area contributed by atoms with Crippen molar-refractivity contribution in [2.75, 3.05) is 0 Å². The quantitative estimate of drug-likeness (QED) is 0.806. The molecule has 0 radical (unpaired) electrons. The van der Waals surface area contributed by atoms with E-state index in [1.165, 1.54) is 0 Å². The first-order chi connectivity index (χ1) is 7.02. The highest BCUT2D eigenvalue weighted by atomic mass is 15.3. The summed E-state index contributed by atoms with van der Waals surface area (Å²) in [4.78, 5) is 0. The third-order valence-electron chi connectivity index (χ3n) is 2.37. The Labute approximate surface area is 90.7 Å². The van der Waals surface area contributed by atoms with Crippen molar-refractivity contribution in [1.82, 2.24) is 9.78 Å². The van der Waals surface area contributed by atoms with Crippen LogP contribution in [0.5, 0.6) is 0 Å². The summed E-state index contributed by atoms with van der Waals surface area (Å²) in [7, 11) is 0. The molecule has 0 aliphatic carbocycles. The van der Waals surface area contributed by atoms with Crippen LogP contribution in [0.3, 0.4) is 0 Å². The zero-order valence-corrected chi connectivity index (χ0v) is 9.62. The van der Waals surface area contributed by atoms with Gasteiger partial charge in [-0.2, -0.15) is 10.4 Å². The average molecular weight is 206 g/mol. The first kappa shape index (κ1) is 11.7. The van der Waals surface area contributed by atoms with E-state index in [1.54, 1.807) is 6.92 Å². The van der Waals surface area contributed by atoms with Gasteiger partial charge in [0.1, 0.15) is 5.54 Å². The van der Waals surface area contributed by atoms with Crippen molar-refractivity contribution in [3.05, 3.63) is 17.5 Å². The highest BCUT2D eigenvalue weighted by molar-refractivity contribution is 5.12. The number of hydrogen-bond acceptors (Lipinski definition) is 3. The van der Waals surface area contributed by atoms with Gasteiger partial charge >= 0.3 is 0 Å². The molecular weight excluding hydrogens is 188 g/mol. The molecule has 0 saturated carbocycles. The minimum absolute atomic E-state index is 0.451. The molecule has 15 heavy (non-hydrogen) atoms. The first-order valence-electron chi connectivity index (χ1n) is 5.28. The molecule has 0 aliphatic rings. The van der Waals surface area contributed by atoms with Gasteiger partial charge < -0.3 is 5.73 Å². The number of rotatable bonds is 4. The smallest absolute Gasteiger partial charge is 0.121 e. The third kappa shape index (κ3) is 2.80. The maximum atomic E-state index is 8.87. The molecule has 0 aliphatic heterocycles. The summed E-state index contributed by atoms with van der Waals surface area (Å²) in [5, 5.41) is 13.3. The number of aromatic nitrogens is 2. The summed E-state index contributed by atoms with van der Waals surface area (Å²) in [5.41, 5.74) is 7.15. The van der Waals surface area contributed by atoms with E-state index < -0.39 is 5.54 Å². The largest absolute Gasteiger partial charge is 0.312 e. The molecule has 4 heteroatoms. The van der Waals surface area contributed by atoms with Crippen molar-refractivity contribution < 1.29 is 0 Å². The van der Waals surface area contributed by atoms with Crippen LogP contribution in [0.15, 0.2) is 6.07 Å². The topological polar surface area (TPSA) is 67.6 Å². The lowest BCUT2D eigenvalue weighted by molar-refractivity contribution is 0.446. The van der Waals surface area contributed by atoms with Crippen LogP contribution in [0.4, 0.5) is 0 Å². The maximum Gasteiger partial charge on any atom is 0.121 e. The lowest BCUT2D eigenvalue weighted by Gasteiger charge is -2.16. The Morgan fingerprint density at radius 3 is 2.67 bits per heavy atom. The van der Waals surface area contributed by atoms with Gasteiger partial charge in [0.2, 0.25) is 0 Å². The van der Waals surface area contributed by atoms with Crippen LogP contribution in [-0.2, 0) is 19.4 Å². The van der Waals surface area contributed by atoms with E-state index in [0.717, 1.165) is 24.2 Å². The van der Waals surface area contributed by atoms with Gasteiger partial charge in [-0.1, -0.05) is 13.8 Å². The van der Waals surface area contributed by atoms with Crippen LogP contribution >= 0.6 is 0 Å². The monoisotopic (exact) mass is 206 g/mol. The summed E-state index contributed by atoms with van der Waals surface area (Å²) >= 11 is 0. The van der Waals surface area contributed by atoms with E-state index >= 15 is 0 Å². The van der Waals surface area contributed by atoms with Crippen LogP contribution in [0, 0.1) is 11.3 Å². The molecular formula is C11H18N4. The normalized spacial score (nSPS) is 14.6. The van der Waals surface area contributed by atoms with Gasteiger partial charge in [-0.3, -0.25) is 4.68 Å². The Hall–Kier alpha value is -1.34. The van der Waals surface area contributed by atoms with Gasteiger partial charge in [-0.15, -0.1) is 0 Å². The van der Waals surface area contributed by atoms with Crippen molar-refractivity contribution in [1.29, 1.82) is 5.26 Å². The Morgan fingerprint density at radius 2 is 2.20 bits per heavy atom. The molecule has 0 saturated heterocycles. The fourth-order valence-electron chi connectivity index (χ4n) is 1.46. The fourth-order valence-corrected chi connectivity index (χ4v) is 1.46. The Bertz CT molecular complexity index is 370. The molecule has 1 heterocycles. The molecule has 0 bridgehead atoms. The minimum Gasteiger partial charge on any atom is -0.312 e. The number of nitriles is 1. The summed E-state index contributed by atoms with van der Waals surface area (Å²) < 4.78 is 1.85. The summed E-state index contributed by atoms with van der Waals surface area (Å²) in [5.74, 6) is 0. The van der Waals surface area contributed by atoms with E-state index in [2.05, 4.69) is 31.1 Å². The fraction of sp³-hybridized carbons (Fsp3) is 0.636. The average Bonchev–Trinajstić information content (AvgIpc) is 2.59. The predicted octanol–water partition coefficient (Wildman–Crippen LogP) is 1.25. The summed E-state index contributed by atoms with van der Waals surface area (Å²) in [6, 6.07) is 4.16. The molecule has 0 fully saturated rings. The van der Waals surface area contributed by atoms with Crippen molar-refractivity contribution in [2.24, 2.45) is 5.73 Å². The van der Waals surface area contributed by atoms with Crippen molar-refractivity contribution in [3.63, 3.8) is 0 Å².